The summed E-state index contributed by atoms with van der Waals surface area (Å²) in [6.45, 7) is 6.72. The number of carbonyl (C=O) groups excluding carboxylic acids is 1. The van der Waals surface area contributed by atoms with Gasteiger partial charge in [-0.25, -0.2) is 0 Å². The maximum absolute atomic E-state index is 11.5. The zero-order valence-electron chi connectivity index (χ0n) is 12.1. The van der Waals surface area contributed by atoms with Crippen LogP contribution in [0.1, 0.15) is 5.56 Å². The number of carbonyl (C=O) groups is 1. The number of ether oxygens (including phenoxy) is 1. The standard InChI is InChI=1S/C14H23NO3Si/c1-17-14(16)12(10-15)9-11-5-7-13(8-6-11)18-19(2,3)4/h5-8,12H,9-10,15H2,1-4H3. The van der Waals surface area contributed by atoms with Gasteiger partial charge in [0.15, 0.2) is 0 Å². The van der Waals surface area contributed by atoms with Crippen molar-refractivity contribution in [1.82, 2.24) is 0 Å². The van der Waals surface area contributed by atoms with E-state index >= 15 is 0 Å². The molecule has 0 amide bonds. The summed E-state index contributed by atoms with van der Waals surface area (Å²) >= 11 is 0. The molecule has 0 saturated heterocycles. The molecule has 0 fully saturated rings. The smallest absolute Gasteiger partial charge is 0.310 e. The van der Waals surface area contributed by atoms with Crippen LogP contribution in [0.25, 0.3) is 0 Å². The van der Waals surface area contributed by atoms with E-state index in [4.69, 9.17) is 14.9 Å². The highest BCUT2D eigenvalue weighted by Gasteiger charge is 2.18. The lowest BCUT2D eigenvalue weighted by molar-refractivity contribution is -0.145. The van der Waals surface area contributed by atoms with Crippen molar-refractivity contribution in [3.05, 3.63) is 29.8 Å². The Kier molecular flexibility index (Phi) is 5.56. The van der Waals surface area contributed by atoms with Gasteiger partial charge in [0.2, 0.25) is 8.32 Å². The first-order chi connectivity index (χ1) is 8.85. The van der Waals surface area contributed by atoms with Gasteiger partial charge in [-0.1, -0.05) is 12.1 Å². The number of rotatable bonds is 6. The Labute approximate surface area is 116 Å². The zero-order valence-corrected chi connectivity index (χ0v) is 13.1. The molecule has 5 heteroatoms. The molecule has 0 radical (unpaired) electrons. The maximum Gasteiger partial charge on any atom is 0.310 e. The average molecular weight is 281 g/mol. The van der Waals surface area contributed by atoms with Crippen LogP contribution in [0.15, 0.2) is 24.3 Å². The van der Waals surface area contributed by atoms with E-state index in [9.17, 15) is 4.79 Å². The SMILES string of the molecule is COC(=O)C(CN)Cc1ccc(O[Si](C)(C)C)cc1. The van der Waals surface area contributed by atoms with Crippen molar-refractivity contribution in [2.75, 3.05) is 13.7 Å². The number of methoxy groups -OCH3 is 1. The Morgan fingerprint density at radius 1 is 1.26 bits per heavy atom. The molecule has 0 aliphatic carbocycles. The summed E-state index contributed by atoms with van der Waals surface area (Å²) < 4.78 is 10.6. The number of nitrogens with two attached hydrogens (primary N) is 1. The summed E-state index contributed by atoms with van der Waals surface area (Å²) in [4.78, 5) is 11.5. The van der Waals surface area contributed by atoms with Crippen LogP contribution in [0.2, 0.25) is 19.6 Å². The van der Waals surface area contributed by atoms with E-state index in [1.807, 2.05) is 24.3 Å². The molecule has 1 aromatic carbocycles. The number of hydrogen-bond acceptors (Lipinski definition) is 4. The summed E-state index contributed by atoms with van der Waals surface area (Å²) in [6.07, 6.45) is 0.594. The third-order valence-electron chi connectivity index (χ3n) is 2.65. The molecule has 4 nitrogen and oxygen atoms in total. The molecule has 0 aliphatic heterocycles. The zero-order chi connectivity index (χ0) is 14.5. The Balaban J connectivity index is 2.68. The Morgan fingerprint density at radius 2 is 1.84 bits per heavy atom. The normalized spacial score (nSPS) is 12.9. The van der Waals surface area contributed by atoms with E-state index in [0.717, 1.165) is 11.3 Å². The lowest BCUT2D eigenvalue weighted by Gasteiger charge is -2.19. The summed E-state index contributed by atoms with van der Waals surface area (Å²) in [5.74, 6) is 0.337. The number of benzene rings is 1. The molecule has 0 saturated carbocycles. The van der Waals surface area contributed by atoms with Gasteiger partial charge in [-0.15, -0.1) is 0 Å². The predicted molar refractivity (Wildman–Crippen MR) is 78.7 cm³/mol. The fourth-order valence-corrected chi connectivity index (χ4v) is 2.60. The first kappa shape index (κ1) is 15.7. The lowest BCUT2D eigenvalue weighted by Crippen LogP contribution is -2.29. The van der Waals surface area contributed by atoms with Gasteiger partial charge in [0, 0.05) is 6.54 Å². The van der Waals surface area contributed by atoms with Crippen molar-refractivity contribution in [3.63, 3.8) is 0 Å². The van der Waals surface area contributed by atoms with E-state index in [2.05, 4.69) is 19.6 Å². The van der Waals surface area contributed by atoms with Crippen molar-refractivity contribution in [2.24, 2.45) is 11.7 Å². The van der Waals surface area contributed by atoms with E-state index < -0.39 is 8.32 Å². The van der Waals surface area contributed by atoms with Gasteiger partial charge >= 0.3 is 5.97 Å². The Hall–Kier alpha value is -1.33. The fourth-order valence-electron chi connectivity index (χ4n) is 1.76. The quantitative estimate of drug-likeness (QED) is 0.641. The highest BCUT2D eigenvalue weighted by molar-refractivity contribution is 6.70. The summed E-state index contributed by atoms with van der Waals surface area (Å²) in [5.41, 5.74) is 6.65. The molecular weight excluding hydrogens is 258 g/mol. The van der Waals surface area contributed by atoms with E-state index in [0.29, 0.717) is 13.0 Å². The van der Waals surface area contributed by atoms with Crippen LogP contribution in [0.5, 0.6) is 5.75 Å². The largest absolute Gasteiger partial charge is 0.544 e. The van der Waals surface area contributed by atoms with Crippen LogP contribution in [-0.4, -0.2) is 27.9 Å². The minimum absolute atomic E-state index is 0.259. The third kappa shape index (κ3) is 5.44. The van der Waals surface area contributed by atoms with Gasteiger partial charge in [0.1, 0.15) is 5.75 Å². The maximum atomic E-state index is 11.5. The van der Waals surface area contributed by atoms with Crippen LogP contribution in [0, 0.1) is 5.92 Å². The fraction of sp³-hybridized carbons (Fsp3) is 0.500. The van der Waals surface area contributed by atoms with Crippen LogP contribution in [0.3, 0.4) is 0 Å². The van der Waals surface area contributed by atoms with Gasteiger partial charge in [-0.05, 0) is 43.8 Å². The van der Waals surface area contributed by atoms with Gasteiger partial charge in [0.05, 0.1) is 13.0 Å². The second-order valence-electron chi connectivity index (χ2n) is 5.52. The summed E-state index contributed by atoms with van der Waals surface area (Å²) in [5, 5.41) is 0. The molecule has 106 valence electrons. The van der Waals surface area contributed by atoms with Crippen LogP contribution in [-0.2, 0) is 16.0 Å². The van der Waals surface area contributed by atoms with Crippen molar-refractivity contribution in [1.29, 1.82) is 0 Å². The van der Waals surface area contributed by atoms with Gasteiger partial charge in [0.25, 0.3) is 0 Å². The minimum Gasteiger partial charge on any atom is -0.544 e. The molecule has 0 bridgehead atoms. The van der Waals surface area contributed by atoms with Crippen molar-refractivity contribution in [2.45, 2.75) is 26.1 Å². The Bertz CT molecular complexity index is 412. The van der Waals surface area contributed by atoms with Crippen molar-refractivity contribution in [3.8, 4) is 5.75 Å². The second kappa shape index (κ2) is 6.72. The Morgan fingerprint density at radius 3 is 2.26 bits per heavy atom. The number of hydrogen-bond donors (Lipinski definition) is 1. The van der Waals surface area contributed by atoms with Crippen LogP contribution >= 0.6 is 0 Å². The van der Waals surface area contributed by atoms with E-state index in [-0.39, 0.29) is 11.9 Å². The van der Waals surface area contributed by atoms with Gasteiger partial charge in [-0.3, -0.25) is 4.79 Å². The van der Waals surface area contributed by atoms with Crippen molar-refractivity contribution >= 4 is 14.3 Å². The summed E-state index contributed by atoms with van der Waals surface area (Å²) in [7, 11) is -0.187. The molecule has 0 aromatic heterocycles. The monoisotopic (exact) mass is 281 g/mol. The van der Waals surface area contributed by atoms with Gasteiger partial charge in [-0.2, -0.15) is 0 Å². The molecule has 1 aromatic rings. The third-order valence-corrected chi connectivity index (χ3v) is 3.50. The molecule has 19 heavy (non-hydrogen) atoms. The van der Waals surface area contributed by atoms with E-state index in [1.54, 1.807) is 0 Å². The highest BCUT2D eigenvalue weighted by atomic mass is 28.4. The first-order valence-electron chi connectivity index (χ1n) is 6.41. The second-order valence-corrected chi connectivity index (χ2v) is 9.95. The van der Waals surface area contributed by atoms with Crippen LogP contribution < -0.4 is 10.2 Å². The van der Waals surface area contributed by atoms with Crippen LogP contribution in [0.4, 0.5) is 0 Å². The predicted octanol–water partition coefficient (Wildman–Crippen LogP) is 2.19. The molecule has 0 aliphatic rings. The molecule has 1 unspecified atom stereocenters. The van der Waals surface area contributed by atoms with Crippen molar-refractivity contribution < 1.29 is 14.0 Å². The molecule has 1 rings (SSSR count). The molecule has 1 atom stereocenters. The van der Waals surface area contributed by atoms with Gasteiger partial charge < -0.3 is 14.9 Å². The number of esters is 1. The lowest BCUT2D eigenvalue weighted by atomic mass is 9.99. The summed E-state index contributed by atoms with van der Waals surface area (Å²) in [6, 6.07) is 7.83. The average Bonchev–Trinajstić information content (AvgIpc) is 2.35. The highest BCUT2D eigenvalue weighted by Crippen LogP contribution is 2.18. The van der Waals surface area contributed by atoms with E-state index in [1.165, 1.54) is 7.11 Å². The topological polar surface area (TPSA) is 61.5 Å². The molecule has 2 N–H and O–H groups in total. The molecule has 0 spiro atoms. The molecule has 0 heterocycles. The molecular formula is C14H23NO3Si. The minimum atomic E-state index is -1.57. The first-order valence-corrected chi connectivity index (χ1v) is 9.82.